The van der Waals surface area contributed by atoms with Crippen LogP contribution in [0.2, 0.25) is 0 Å². The summed E-state index contributed by atoms with van der Waals surface area (Å²) in [6.45, 7) is 1.46. The number of ether oxygens (including phenoxy) is 2. The number of carboxylic acid groups (broad SMARTS) is 2. The van der Waals surface area contributed by atoms with Crippen LogP contribution in [0.5, 0.6) is 0 Å². The minimum Gasteiger partial charge on any atom is -0.489 e. The molecule has 174 valence electrons. The Labute approximate surface area is 189 Å². The molecule has 3 atom stereocenters. The van der Waals surface area contributed by atoms with Gasteiger partial charge >= 0.3 is 11.9 Å². The summed E-state index contributed by atoms with van der Waals surface area (Å²) in [7, 11) is 1.62. The van der Waals surface area contributed by atoms with Crippen LogP contribution >= 0.6 is 0 Å². The van der Waals surface area contributed by atoms with Crippen LogP contribution in [0.25, 0.3) is 0 Å². The maximum atomic E-state index is 11.4. The van der Waals surface area contributed by atoms with Crippen molar-refractivity contribution in [3.05, 3.63) is 47.1 Å². The van der Waals surface area contributed by atoms with Gasteiger partial charge in [-0.3, -0.25) is 9.59 Å². The van der Waals surface area contributed by atoms with E-state index < -0.39 is 17.4 Å². The van der Waals surface area contributed by atoms with Crippen molar-refractivity contribution in [2.45, 2.75) is 63.5 Å². The van der Waals surface area contributed by atoms with E-state index in [9.17, 15) is 19.8 Å². The Morgan fingerprint density at radius 1 is 1.12 bits per heavy atom. The first kappa shape index (κ1) is 24.1. The lowest BCUT2D eigenvalue weighted by Gasteiger charge is -2.25. The highest BCUT2D eigenvalue weighted by Crippen LogP contribution is 2.39. The summed E-state index contributed by atoms with van der Waals surface area (Å²) in [4.78, 5) is 22.9. The lowest BCUT2D eigenvalue weighted by atomic mass is 9.86. The van der Waals surface area contributed by atoms with E-state index in [2.05, 4.69) is 28.9 Å². The van der Waals surface area contributed by atoms with Crippen molar-refractivity contribution in [1.29, 1.82) is 0 Å². The minimum absolute atomic E-state index is 0.0647. The molecule has 3 unspecified atom stereocenters. The van der Waals surface area contributed by atoms with Crippen molar-refractivity contribution >= 4 is 11.9 Å². The summed E-state index contributed by atoms with van der Waals surface area (Å²) in [6, 6.07) is -0.0647. The number of methoxy groups -OCH3 is 1. The molecule has 7 nitrogen and oxygen atoms in total. The number of aliphatic carboxylic acids is 2. The van der Waals surface area contributed by atoms with Crippen LogP contribution in [0.4, 0.5) is 0 Å². The summed E-state index contributed by atoms with van der Waals surface area (Å²) in [5.41, 5.74) is 5.59. The number of allylic oxidation sites excluding steroid dienone is 3. The Hall–Kier alpha value is -2.56. The van der Waals surface area contributed by atoms with E-state index >= 15 is 0 Å². The third-order valence-corrected chi connectivity index (χ3v) is 6.60. The number of unbranched alkanes of at least 4 members (excludes halogenated alkanes) is 1. The first-order valence-corrected chi connectivity index (χ1v) is 11.4. The smallest absolute Gasteiger partial charge is 0.321 e. The number of carboxylic acids is 2. The number of rotatable bonds is 12. The standard InChI is InChI=1S/C25H33NO6/c1-31-21-9-5-18(6-10-21)4-2-3-15-32-22-11-7-19(8-12-22)17-26-20-13-14-25(16-20,23(27)28)24(29)30/h5,7,9,11,19-20,22,26H,2-4,8,12-17H2,1H3,(H,27,28)(H,29,30). The second kappa shape index (κ2) is 11.3. The molecule has 0 bridgehead atoms. The molecule has 3 aliphatic rings. The van der Waals surface area contributed by atoms with Crippen LogP contribution in [0, 0.1) is 11.3 Å². The molecular formula is C25H33NO6. The van der Waals surface area contributed by atoms with Gasteiger partial charge in [0.2, 0.25) is 0 Å². The van der Waals surface area contributed by atoms with Gasteiger partial charge in [0.1, 0.15) is 0 Å². The summed E-state index contributed by atoms with van der Waals surface area (Å²) >= 11 is 0. The van der Waals surface area contributed by atoms with Crippen LogP contribution in [0.3, 0.4) is 0 Å². The third kappa shape index (κ3) is 6.24. The molecule has 0 radical (unpaired) electrons. The van der Waals surface area contributed by atoms with Crippen LogP contribution in [-0.2, 0) is 19.1 Å². The fourth-order valence-electron chi connectivity index (χ4n) is 4.50. The molecule has 0 amide bonds. The van der Waals surface area contributed by atoms with E-state index in [-0.39, 0.29) is 25.0 Å². The van der Waals surface area contributed by atoms with E-state index in [1.165, 1.54) is 0 Å². The first-order valence-electron chi connectivity index (χ1n) is 11.4. The Kier molecular flexibility index (Phi) is 8.54. The number of hydrogen-bond donors (Lipinski definition) is 3. The molecule has 3 aliphatic carbocycles. The van der Waals surface area contributed by atoms with Gasteiger partial charge in [0.25, 0.3) is 0 Å². The van der Waals surface area contributed by atoms with Crippen molar-refractivity contribution in [3.63, 3.8) is 0 Å². The number of carbonyl (C=O) groups is 2. The lowest BCUT2D eigenvalue weighted by molar-refractivity contribution is -0.164. The molecule has 32 heavy (non-hydrogen) atoms. The monoisotopic (exact) mass is 443 g/mol. The van der Waals surface area contributed by atoms with Gasteiger partial charge in [0.15, 0.2) is 11.2 Å². The van der Waals surface area contributed by atoms with Gasteiger partial charge in [-0.15, -0.1) is 0 Å². The Bertz CT molecular complexity index is 846. The maximum Gasteiger partial charge on any atom is 0.321 e. The zero-order valence-electron chi connectivity index (χ0n) is 18.6. The van der Waals surface area contributed by atoms with E-state index in [1.807, 2.05) is 12.2 Å². The predicted octanol–water partition coefficient (Wildman–Crippen LogP) is 3.59. The van der Waals surface area contributed by atoms with E-state index in [0.29, 0.717) is 18.1 Å². The lowest BCUT2D eigenvalue weighted by Crippen LogP contribution is -2.40. The summed E-state index contributed by atoms with van der Waals surface area (Å²) in [6.07, 6.45) is 14.2. The van der Waals surface area contributed by atoms with Crippen molar-refractivity contribution in [2.75, 3.05) is 20.3 Å². The molecule has 1 fully saturated rings. The fourth-order valence-corrected chi connectivity index (χ4v) is 4.50. The topological polar surface area (TPSA) is 105 Å². The molecule has 1 saturated carbocycles. The van der Waals surface area contributed by atoms with Crippen LogP contribution in [-0.4, -0.2) is 54.6 Å². The third-order valence-electron chi connectivity index (χ3n) is 6.60. The average molecular weight is 444 g/mol. The summed E-state index contributed by atoms with van der Waals surface area (Å²) in [5.74, 6) is -1.40. The normalized spacial score (nSPS) is 26.0. The highest BCUT2D eigenvalue weighted by molar-refractivity contribution is 5.98. The fraction of sp³-hybridized carbons (Fsp3) is 0.600. The van der Waals surface area contributed by atoms with Crippen LogP contribution < -0.4 is 5.32 Å². The molecule has 0 spiro atoms. The van der Waals surface area contributed by atoms with Gasteiger partial charge in [-0.05, 0) is 75.2 Å². The minimum atomic E-state index is -1.64. The molecule has 0 aromatic heterocycles. The summed E-state index contributed by atoms with van der Waals surface area (Å²) in [5, 5.41) is 22.1. The SMILES string of the molecule is COC1=C=C=C(CCCCOC2C=CC(CNC3CCC(C(=O)O)(C(=O)O)C3)CC2)C=C1. The second-order valence-corrected chi connectivity index (χ2v) is 8.81. The predicted molar refractivity (Wildman–Crippen MR) is 119 cm³/mol. The highest BCUT2D eigenvalue weighted by Gasteiger charge is 2.52. The number of hydrogen-bond acceptors (Lipinski definition) is 5. The average Bonchev–Trinajstić information content (AvgIpc) is 3.25. The zero-order chi connectivity index (χ0) is 23.0. The van der Waals surface area contributed by atoms with E-state index in [0.717, 1.165) is 50.8 Å². The van der Waals surface area contributed by atoms with E-state index in [4.69, 9.17) is 9.47 Å². The van der Waals surface area contributed by atoms with Crippen LogP contribution in [0.1, 0.15) is 51.4 Å². The van der Waals surface area contributed by atoms with Gasteiger partial charge < -0.3 is 25.0 Å². The molecule has 3 rings (SSSR count). The second-order valence-electron chi connectivity index (χ2n) is 8.81. The van der Waals surface area contributed by atoms with Crippen molar-refractivity contribution in [3.8, 4) is 0 Å². The maximum absolute atomic E-state index is 11.4. The molecule has 3 N–H and O–H groups in total. The van der Waals surface area contributed by atoms with Gasteiger partial charge in [0.05, 0.1) is 13.2 Å². The largest absolute Gasteiger partial charge is 0.489 e. The van der Waals surface area contributed by atoms with Gasteiger partial charge in [-0.2, -0.15) is 0 Å². The first-order chi connectivity index (χ1) is 15.4. The van der Waals surface area contributed by atoms with Crippen LogP contribution in [0.15, 0.2) is 47.1 Å². The Morgan fingerprint density at radius 3 is 2.53 bits per heavy atom. The molecule has 0 aromatic rings. The van der Waals surface area contributed by atoms with Crippen molar-refractivity contribution < 1.29 is 29.3 Å². The molecular weight excluding hydrogens is 410 g/mol. The zero-order valence-corrected chi connectivity index (χ0v) is 18.6. The Balaban J connectivity index is 1.31. The van der Waals surface area contributed by atoms with Gasteiger partial charge in [-0.1, -0.05) is 17.9 Å². The quantitative estimate of drug-likeness (QED) is 0.183. The van der Waals surface area contributed by atoms with Crippen molar-refractivity contribution in [2.24, 2.45) is 11.3 Å². The van der Waals surface area contributed by atoms with E-state index in [1.54, 1.807) is 7.11 Å². The highest BCUT2D eigenvalue weighted by atomic mass is 16.5. The molecule has 0 heterocycles. The molecule has 7 heteroatoms. The summed E-state index contributed by atoms with van der Waals surface area (Å²) < 4.78 is 11.1. The Morgan fingerprint density at radius 2 is 1.94 bits per heavy atom. The number of nitrogens with one attached hydrogen (secondary N) is 1. The molecule has 0 saturated heterocycles. The van der Waals surface area contributed by atoms with Crippen molar-refractivity contribution in [1.82, 2.24) is 5.32 Å². The van der Waals surface area contributed by atoms with Gasteiger partial charge in [-0.25, -0.2) is 0 Å². The van der Waals surface area contributed by atoms with Gasteiger partial charge in [0, 0.05) is 24.8 Å². The molecule has 0 aromatic carbocycles. The molecule has 0 aliphatic heterocycles.